The minimum atomic E-state index is 0.932. The Kier molecular flexibility index (Phi) is 12.1. The summed E-state index contributed by atoms with van der Waals surface area (Å²) in [6.07, 6.45) is 14.4. The molecule has 1 aliphatic carbocycles. The molecule has 0 radical (unpaired) electrons. The van der Waals surface area contributed by atoms with Crippen LogP contribution in [0.15, 0.2) is 0 Å². The molecule has 0 bridgehead atoms. The van der Waals surface area contributed by atoms with Crippen LogP contribution in [0.3, 0.4) is 0 Å². The van der Waals surface area contributed by atoms with Crippen LogP contribution in [0.25, 0.3) is 0 Å². The summed E-state index contributed by atoms with van der Waals surface area (Å²) in [4.78, 5) is 0. The van der Waals surface area contributed by atoms with Crippen molar-refractivity contribution in [2.45, 2.75) is 98.8 Å². The van der Waals surface area contributed by atoms with Gasteiger partial charge in [0.25, 0.3) is 0 Å². The molecule has 0 aliphatic heterocycles. The molecule has 0 spiro atoms. The molecule has 110 valence electrons. The Morgan fingerprint density at radius 2 is 1.56 bits per heavy atom. The second kappa shape index (κ2) is 12.1. The average Bonchev–Trinajstić information content (AvgIpc) is 2.38. The van der Waals surface area contributed by atoms with Gasteiger partial charge in [0.05, 0.1) is 0 Å². The third-order valence-electron chi connectivity index (χ3n) is 4.45. The van der Waals surface area contributed by atoms with Crippen molar-refractivity contribution in [3.8, 4) is 0 Å². The quantitative estimate of drug-likeness (QED) is 0.487. The molecule has 1 saturated carbocycles. The SMILES string of the molecule is CC1CCCCC1.CCCCC(C)CC(C)CC. The fourth-order valence-corrected chi connectivity index (χ4v) is 2.83. The molecule has 0 amide bonds. The lowest BCUT2D eigenvalue weighted by molar-refractivity contribution is 0.379. The third-order valence-corrected chi connectivity index (χ3v) is 4.45. The van der Waals surface area contributed by atoms with Gasteiger partial charge in [-0.2, -0.15) is 0 Å². The summed E-state index contributed by atoms with van der Waals surface area (Å²) in [5.41, 5.74) is 0. The van der Waals surface area contributed by atoms with Gasteiger partial charge in [0, 0.05) is 0 Å². The van der Waals surface area contributed by atoms with Crippen LogP contribution in [0, 0.1) is 17.8 Å². The normalized spacial score (nSPS) is 19.8. The Morgan fingerprint density at radius 1 is 0.944 bits per heavy atom. The first-order valence-corrected chi connectivity index (χ1v) is 8.60. The fourth-order valence-electron chi connectivity index (χ4n) is 2.83. The van der Waals surface area contributed by atoms with Crippen LogP contribution in [0.4, 0.5) is 0 Å². The first-order valence-electron chi connectivity index (χ1n) is 8.60. The van der Waals surface area contributed by atoms with E-state index in [1.807, 2.05) is 0 Å². The number of unbranched alkanes of at least 4 members (excludes halogenated alkanes) is 1. The topological polar surface area (TPSA) is 0 Å². The minimum absolute atomic E-state index is 0.932. The molecule has 1 rings (SSSR count). The van der Waals surface area contributed by atoms with E-state index in [2.05, 4.69) is 34.6 Å². The van der Waals surface area contributed by atoms with Crippen molar-refractivity contribution in [2.75, 3.05) is 0 Å². The Morgan fingerprint density at radius 3 is 1.94 bits per heavy atom. The van der Waals surface area contributed by atoms with Gasteiger partial charge in [0.15, 0.2) is 0 Å². The number of hydrogen-bond donors (Lipinski definition) is 0. The maximum Gasteiger partial charge on any atom is -0.0440 e. The van der Waals surface area contributed by atoms with Gasteiger partial charge in [-0.15, -0.1) is 0 Å². The maximum absolute atomic E-state index is 2.39. The molecule has 2 unspecified atom stereocenters. The fraction of sp³-hybridized carbons (Fsp3) is 1.00. The lowest BCUT2D eigenvalue weighted by Gasteiger charge is -2.15. The van der Waals surface area contributed by atoms with Crippen molar-refractivity contribution in [2.24, 2.45) is 17.8 Å². The van der Waals surface area contributed by atoms with E-state index in [0.717, 1.165) is 17.8 Å². The van der Waals surface area contributed by atoms with Crippen molar-refractivity contribution in [3.05, 3.63) is 0 Å². The van der Waals surface area contributed by atoms with Gasteiger partial charge in [0.2, 0.25) is 0 Å². The van der Waals surface area contributed by atoms with E-state index < -0.39 is 0 Å². The average molecular weight is 255 g/mol. The van der Waals surface area contributed by atoms with Crippen LogP contribution < -0.4 is 0 Å². The number of rotatable bonds is 6. The highest BCUT2D eigenvalue weighted by atomic mass is 14.1. The van der Waals surface area contributed by atoms with E-state index in [4.69, 9.17) is 0 Å². The van der Waals surface area contributed by atoms with Gasteiger partial charge in [-0.1, -0.05) is 92.4 Å². The summed E-state index contributed by atoms with van der Waals surface area (Å²) < 4.78 is 0. The summed E-state index contributed by atoms with van der Waals surface area (Å²) in [6, 6.07) is 0. The van der Waals surface area contributed by atoms with Gasteiger partial charge in [-0.05, 0) is 24.2 Å². The molecule has 18 heavy (non-hydrogen) atoms. The van der Waals surface area contributed by atoms with Gasteiger partial charge < -0.3 is 0 Å². The largest absolute Gasteiger partial charge is 0.0654 e. The maximum atomic E-state index is 2.39. The van der Waals surface area contributed by atoms with Crippen molar-refractivity contribution >= 4 is 0 Å². The highest BCUT2D eigenvalue weighted by molar-refractivity contribution is 4.59. The standard InChI is InChI=1S/C11H24.C7H14/c1-5-7-8-11(4)9-10(3)6-2;1-7-5-3-2-4-6-7/h10-11H,5-9H2,1-4H3;7H,2-6H2,1H3. The molecule has 1 aliphatic rings. The van der Waals surface area contributed by atoms with Crippen molar-refractivity contribution in [1.29, 1.82) is 0 Å². The van der Waals surface area contributed by atoms with E-state index in [-0.39, 0.29) is 0 Å². The molecule has 0 aromatic heterocycles. The van der Waals surface area contributed by atoms with Gasteiger partial charge in [-0.3, -0.25) is 0 Å². The van der Waals surface area contributed by atoms with Crippen LogP contribution in [0.2, 0.25) is 0 Å². The second-order valence-electron chi connectivity index (χ2n) is 6.74. The smallest absolute Gasteiger partial charge is 0.0440 e. The minimum Gasteiger partial charge on any atom is -0.0654 e. The molecule has 2 atom stereocenters. The number of hydrogen-bond acceptors (Lipinski definition) is 0. The molecule has 0 N–H and O–H groups in total. The first-order chi connectivity index (χ1) is 8.60. The highest BCUT2D eigenvalue weighted by Gasteiger charge is 2.06. The van der Waals surface area contributed by atoms with Crippen LogP contribution >= 0.6 is 0 Å². The van der Waals surface area contributed by atoms with Crippen LogP contribution in [-0.2, 0) is 0 Å². The zero-order valence-electron chi connectivity index (χ0n) is 13.8. The van der Waals surface area contributed by atoms with Crippen LogP contribution in [-0.4, -0.2) is 0 Å². The summed E-state index contributed by atoms with van der Waals surface area (Å²) in [7, 11) is 0. The molecule has 0 aromatic carbocycles. The van der Waals surface area contributed by atoms with Gasteiger partial charge in [-0.25, -0.2) is 0 Å². The Bertz CT molecular complexity index is 155. The monoisotopic (exact) mass is 254 g/mol. The van der Waals surface area contributed by atoms with E-state index in [9.17, 15) is 0 Å². The van der Waals surface area contributed by atoms with E-state index in [0.29, 0.717) is 0 Å². The summed E-state index contributed by atoms with van der Waals surface area (Å²) in [5.74, 6) is 2.92. The zero-order chi connectivity index (χ0) is 13.8. The van der Waals surface area contributed by atoms with Crippen molar-refractivity contribution < 1.29 is 0 Å². The first kappa shape index (κ1) is 18.0. The van der Waals surface area contributed by atoms with E-state index in [1.165, 1.54) is 64.2 Å². The molecule has 0 heterocycles. The Balaban J connectivity index is 0.000000351. The summed E-state index contributed by atoms with van der Waals surface area (Å²) in [5, 5.41) is 0. The van der Waals surface area contributed by atoms with Crippen LogP contribution in [0.1, 0.15) is 98.8 Å². The third kappa shape index (κ3) is 11.1. The molecule has 1 fully saturated rings. The molecule has 0 nitrogen and oxygen atoms in total. The second-order valence-corrected chi connectivity index (χ2v) is 6.74. The van der Waals surface area contributed by atoms with Crippen molar-refractivity contribution in [1.82, 2.24) is 0 Å². The Hall–Kier alpha value is 0. The summed E-state index contributed by atoms with van der Waals surface area (Å²) in [6.45, 7) is 11.7. The Labute approximate surface area is 117 Å². The predicted octanol–water partition coefficient (Wildman–Crippen LogP) is 6.84. The van der Waals surface area contributed by atoms with E-state index >= 15 is 0 Å². The zero-order valence-corrected chi connectivity index (χ0v) is 13.8. The predicted molar refractivity (Wildman–Crippen MR) is 85.0 cm³/mol. The molecular weight excluding hydrogens is 216 g/mol. The van der Waals surface area contributed by atoms with Crippen molar-refractivity contribution in [3.63, 3.8) is 0 Å². The summed E-state index contributed by atoms with van der Waals surface area (Å²) >= 11 is 0. The molecule has 0 heteroatoms. The molecule has 0 aromatic rings. The van der Waals surface area contributed by atoms with Gasteiger partial charge in [0.1, 0.15) is 0 Å². The lowest BCUT2D eigenvalue weighted by atomic mass is 9.91. The molecule has 0 saturated heterocycles. The van der Waals surface area contributed by atoms with Crippen LogP contribution in [0.5, 0.6) is 0 Å². The molecular formula is C18H38. The highest BCUT2D eigenvalue weighted by Crippen LogP contribution is 2.22. The lowest BCUT2D eigenvalue weighted by Crippen LogP contribution is -2.01. The van der Waals surface area contributed by atoms with E-state index in [1.54, 1.807) is 0 Å². The van der Waals surface area contributed by atoms with Gasteiger partial charge >= 0.3 is 0 Å².